The van der Waals surface area contributed by atoms with Gasteiger partial charge in [0.25, 0.3) is 0 Å². The van der Waals surface area contributed by atoms with Gasteiger partial charge in [0, 0.05) is 6.54 Å². The highest BCUT2D eigenvalue weighted by atomic mass is 16.4. The summed E-state index contributed by atoms with van der Waals surface area (Å²) in [7, 11) is 0. The first kappa shape index (κ1) is 14.4. The van der Waals surface area contributed by atoms with E-state index in [1.165, 1.54) is 6.42 Å². The second kappa shape index (κ2) is 5.51. The lowest BCUT2D eigenvalue weighted by Crippen LogP contribution is -2.43. The Hall–Kier alpha value is -1.06. The average molecular weight is 267 g/mol. The number of rotatable bonds is 5. The number of aliphatic carboxylic acids is 1. The van der Waals surface area contributed by atoms with Crippen molar-refractivity contribution in [3.63, 3.8) is 0 Å². The van der Waals surface area contributed by atoms with Crippen molar-refractivity contribution in [2.75, 3.05) is 6.54 Å². The number of carbonyl (C=O) groups excluding carboxylic acids is 1. The molecule has 0 radical (unpaired) electrons. The van der Waals surface area contributed by atoms with E-state index in [-0.39, 0.29) is 17.2 Å². The van der Waals surface area contributed by atoms with Gasteiger partial charge < -0.3 is 10.4 Å². The van der Waals surface area contributed by atoms with Gasteiger partial charge in [-0.15, -0.1) is 0 Å². The van der Waals surface area contributed by atoms with Gasteiger partial charge >= 0.3 is 5.97 Å². The smallest absolute Gasteiger partial charge is 0.307 e. The highest BCUT2D eigenvalue weighted by Crippen LogP contribution is 2.41. The lowest BCUT2D eigenvalue weighted by atomic mass is 9.70. The van der Waals surface area contributed by atoms with E-state index in [0.29, 0.717) is 18.9 Å². The van der Waals surface area contributed by atoms with Crippen LogP contribution in [0, 0.1) is 23.2 Å². The minimum absolute atomic E-state index is 0.0449. The summed E-state index contributed by atoms with van der Waals surface area (Å²) < 4.78 is 0. The van der Waals surface area contributed by atoms with Crippen LogP contribution in [0.25, 0.3) is 0 Å². The Morgan fingerprint density at radius 2 is 1.89 bits per heavy atom. The fraction of sp³-hybridized carbons (Fsp3) is 0.867. The molecule has 2 rings (SSSR count). The van der Waals surface area contributed by atoms with Crippen molar-refractivity contribution in [2.24, 2.45) is 23.2 Å². The molecule has 0 aromatic carbocycles. The van der Waals surface area contributed by atoms with Gasteiger partial charge in [0.2, 0.25) is 5.91 Å². The first-order valence-corrected chi connectivity index (χ1v) is 7.46. The molecule has 2 N–H and O–H groups in total. The maximum absolute atomic E-state index is 12.2. The normalized spacial score (nSPS) is 32.6. The predicted octanol–water partition coefficient (Wildman–Crippen LogP) is 2.43. The zero-order valence-corrected chi connectivity index (χ0v) is 11.9. The first-order valence-electron chi connectivity index (χ1n) is 7.46. The summed E-state index contributed by atoms with van der Waals surface area (Å²) in [6.45, 7) is 4.96. The molecule has 108 valence electrons. The van der Waals surface area contributed by atoms with Crippen molar-refractivity contribution in [1.29, 1.82) is 0 Å². The van der Waals surface area contributed by atoms with Crippen LogP contribution in [0.15, 0.2) is 0 Å². The Morgan fingerprint density at radius 3 is 2.37 bits per heavy atom. The number of hydrogen-bond donors (Lipinski definition) is 2. The quantitative estimate of drug-likeness (QED) is 0.804. The number of carboxylic acids is 1. The molecule has 0 heterocycles. The minimum Gasteiger partial charge on any atom is -0.481 e. The third-order valence-electron chi connectivity index (χ3n) is 5.14. The zero-order valence-electron chi connectivity index (χ0n) is 11.9. The Bertz CT molecular complexity index is 362. The molecule has 4 heteroatoms. The lowest BCUT2D eigenvalue weighted by molar-refractivity contribution is -0.146. The highest BCUT2D eigenvalue weighted by molar-refractivity contribution is 5.85. The maximum Gasteiger partial charge on any atom is 0.307 e. The van der Waals surface area contributed by atoms with Crippen molar-refractivity contribution < 1.29 is 14.7 Å². The van der Waals surface area contributed by atoms with Crippen LogP contribution in [-0.2, 0) is 9.59 Å². The van der Waals surface area contributed by atoms with Crippen LogP contribution in [0.5, 0.6) is 0 Å². The molecular weight excluding hydrogens is 242 g/mol. The fourth-order valence-corrected chi connectivity index (χ4v) is 3.43. The predicted molar refractivity (Wildman–Crippen MR) is 72.6 cm³/mol. The third kappa shape index (κ3) is 3.10. The number of nitrogens with one attached hydrogen (secondary N) is 1. The van der Waals surface area contributed by atoms with Crippen LogP contribution >= 0.6 is 0 Å². The molecule has 2 saturated carbocycles. The topological polar surface area (TPSA) is 66.4 Å². The van der Waals surface area contributed by atoms with Crippen LogP contribution in [0.1, 0.15) is 52.4 Å². The molecule has 3 atom stereocenters. The summed E-state index contributed by atoms with van der Waals surface area (Å²) in [5.41, 5.74) is 0.247. The summed E-state index contributed by atoms with van der Waals surface area (Å²) in [5.74, 6) is -1.29. The van der Waals surface area contributed by atoms with Crippen molar-refractivity contribution in [3.05, 3.63) is 0 Å². The Morgan fingerprint density at radius 1 is 1.26 bits per heavy atom. The first-order chi connectivity index (χ1) is 8.95. The number of amides is 1. The van der Waals surface area contributed by atoms with Crippen LogP contribution < -0.4 is 5.32 Å². The van der Waals surface area contributed by atoms with E-state index in [1.807, 2.05) is 0 Å². The van der Waals surface area contributed by atoms with E-state index in [2.05, 4.69) is 19.2 Å². The zero-order chi connectivity index (χ0) is 14.0. The monoisotopic (exact) mass is 267 g/mol. The number of hydrogen-bond acceptors (Lipinski definition) is 2. The third-order valence-corrected chi connectivity index (χ3v) is 5.14. The molecule has 0 aromatic heterocycles. The Balaban J connectivity index is 1.91. The highest BCUT2D eigenvalue weighted by Gasteiger charge is 2.42. The summed E-state index contributed by atoms with van der Waals surface area (Å²) in [6, 6.07) is 0. The molecule has 2 fully saturated rings. The molecular formula is C15H25NO3. The maximum atomic E-state index is 12.2. The van der Waals surface area contributed by atoms with Crippen molar-refractivity contribution in [2.45, 2.75) is 52.4 Å². The van der Waals surface area contributed by atoms with Crippen LogP contribution in [0.2, 0.25) is 0 Å². The van der Waals surface area contributed by atoms with Gasteiger partial charge in [0.05, 0.1) is 11.8 Å². The van der Waals surface area contributed by atoms with E-state index < -0.39 is 11.9 Å². The minimum atomic E-state index is -0.814. The van der Waals surface area contributed by atoms with E-state index in [1.54, 1.807) is 0 Å². The number of carboxylic acid groups (broad SMARTS) is 1. The van der Waals surface area contributed by atoms with Gasteiger partial charge in [-0.3, -0.25) is 9.59 Å². The summed E-state index contributed by atoms with van der Waals surface area (Å²) in [5, 5.41) is 12.2. The molecule has 19 heavy (non-hydrogen) atoms. The summed E-state index contributed by atoms with van der Waals surface area (Å²) in [6.07, 6.45) is 5.92. The van der Waals surface area contributed by atoms with Gasteiger partial charge in [0.15, 0.2) is 0 Å². The summed E-state index contributed by atoms with van der Waals surface area (Å²) >= 11 is 0. The van der Waals surface area contributed by atoms with Crippen molar-refractivity contribution >= 4 is 11.9 Å². The molecule has 2 aliphatic carbocycles. The molecule has 2 aliphatic rings. The molecule has 0 bridgehead atoms. The van der Waals surface area contributed by atoms with Gasteiger partial charge in [-0.05, 0) is 37.0 Å². The molecule has 0 spiro atoms. The van der Waals surface area contributed by atoms with E-state index in [0.717, 1.165) is 25.7 Å². The number of carbonyl (C=O) groups is 2. The molecule has 1 amide bonds. The Kier molecular flexibility index (Phi) is 4.16. The molecule has 0 aromatic rings. The SMILES string of the molecule is CCC1C[C@H](C(=O)NCC2(C)CCC2)[C@H](C(=O)O)C1. The van der Waals surface area contributed by atoms with Crippen molar-refractivity contribution in [1.82, 2.24) is 5.32 Å². The van der Waals surface area contributed by atoms with E-state index >= 15 is 0 Å². The van der Waals surface area contributed by atoms with Crippen molar-refractivity contribution in [3.8, 4) is 0 Å². The van der Waals surface area contributed by atoms with Gasteiger partial charge in [-0.25, -0.2) is 0 Å². The van der Waals surface area contributed by atoms with Gasteiger partial charge in [-0.2, -0.15) is 0 Å². The van der Waals surface area contributed by atoms with Crippen LogP contribution in [-0.4, -0.2) is 23.5 Å². The average Bonchev–Trinajstić information content (AvgIpc) is 2.78. The second-order valence-corrected chi connectivity index (χ2v) is 6.68. The largest absolute Gasteiger partial charge is 0.481 e. The molecule has 0 aliphatic heterocycles. The van der Waals surface area contributed by atoms with E-state index in [4.69, 9.17) is 0 Å². The standard InChI is InChI=1S/C15H25NO3/c1-3-10-7-11(12(8-10)14(18)19)13(17)16-9-15(2)5-4-6-15/h10-12H,3-9H2,1-2H3,(H,16,17)(H,18,19)/t10?,11-,12+/m0/s1. The molecule has 4 nitrogen and oxygen atoms in total. The molecule has 1 unspecified atom stereocenters. The summed E-state index contributed by atoms with van der Waals surface area (Å²) in [4.78, 5) is 23.5. The molecule has 0 saturated heterocycles. The van der Waals surface area contributed by atoms with Crippen LogP contribution in [0.4, 0.5) is 0 Å². The van der Waals surface area contributed by atoms with E-state index in [9.17, 15) is 14.7 Å². The lowest BCUT2D eigenvalue weighted by Gasteiger charge is -2.38. The van der Waals surface area contributed by atoms with Gasteiger partial charge in [0.1, 0.15) is 0 Å². The van der Waals surface area contributed by atoms with Crippen LogP contribution in [0.3, 0.4) is 0 Å². The second-order valence-electron chi connectivity index (χ2n) is 6.68. The van der Waals surface area contributed by atoms with Gasteiger partial charge in [-0.1, -0.05) is 26.7 Å². The Labute approximate surface area is 115 Å². The fourth-order valence-electron chi connectivity index (χ4n) is 3.43.